The number of carbonyl (C=O) groups excluding carboxylic acids is 1. The van der Waals surface area contributed by atoms with Crippen LogP contribution in [0.5, 0.6) is 5.75 Å². The van der Waals surface area contributed by atoms with E-state index in [1.807, 2.05) is 54.6 Å². The highest BCUT2D eigenvalue weighted by molar-refractivity contribution is 6.30. The van der Waals surface area contributed by atoms with Gasteiger partial charge in [-0.2, -0.15) is 0 Å². The fourth-order valence-corrected chi connectivity index (χ4v) is 4.58. The van der Waals surface area contributed by atoms with Crippen molar-refractivity contribution in [2.75, 3.05) is 4.90 Å². The van der Waals surface area contributed by atoms with Gasteiger partial charge in [0.1, 0.15) is 23.8 Å². The van der Waals surface area contributed by atoms with Gasteiger partial charge in [0.15, 0.2) is 5.43 Å². The van der Waals surface area contributed by atoms with Crippen molar-refractivity contribution in [3.05, 3.63) is 135 Å². The number of fused-ring (bicyclic) bond motifs is 2. The van der Waals surface area contributed by atoms with Crippen LogP contribution in [0.15, 0.2) is 106 Å². The minimum atomic E-state index is -0.717. The molecule has 1 atom stereocenters. The van der Waals surface area contributed by atoms with E-state index in [2.05, 4.69) is 4.98 Å². The van der Waals surface area contributed by atoms with Crippen molar-refractivity contribution in [3.63, 3.8) is 0 Å². The maximum Gasteiger partial charge on any atom is 0.296 e. The maximum absolute atomic E-state index is 13.6. The SMILES string of the molecule is O=C1c2oc3ccccc3c(=O)c2C(c2ccc(OCc3ccccc3)cc2)N1c1ccc(Cl)cn1. The summed E-state index contributed by atoms with van der Waals surface area (Å²) in [6, 6.07) is 26.8. The van der Waals surface area contributed by atoms with Gasteiger partial charge in [0, 0.05) is 6.20 Å². The van der Waals surface area contributed by atoms with E-state index in [9.17, 15) is 9.59 Å². The summed E-state index contributed by atoms with van der Waals surface area (Å²) < 4.78 is 11.9. The number of carbonyl (C=O) groups is 1. The van der Waals surface area contributed by atoms with E-state index in [1.165, 1.54) is 11.1 Å². The van der Waals surface area contributed by atoms with Crippen LogP contribution in [0.2, 0.25) is 5.02 Å². The van der Waals surface area contributed by atoms with Crippen LogP contribution < -0.4 is 15.1 Å². The first-order valence-electron chi connectivity index (χ1n) is 11.4. The van der Waals surface area contributed by atoms with Crippen molar-refractivity contribution in [3.8, 4) is 5.75 Å². The van der Waals surface area contributed by atoms with Crippen LogP contribution in [-0.2, 0) is 6.61 Å². The molecule has 36 heavy (non-hydrogen) atoms. The summed E-state index contributed by atoms with van der Waals surface area (Å²) in [5.74, 6) is 0.629. The van der Waals surface area contributed by atoms with Crippen LogP contribution in [0.3, 0.4) is 0 Å². The zero-order valence-electron chi connectivity index (χ0n) is 18.9. The Labute approximate surface area is 211 Å². The summed E-state index contributed by atoms with van der Waals surface area (Å²) in [6.45, 7) is 0.432. The largest absolute Gasteiger partial charge is 0.489 e. The molecule has 6 rings (SSSR count). The molecule has 1 aliphatic rings. The molecule has 0 radical (unpaired) electrons. The van der Waals surface area contributed by atoms with E-state index in [4.69, 9.17) is 20.8 Å². The van der Waals surface area contributed by atoms with Gasteiger partial charge >= 0.3 is 0 Å². The van der Waals surface area contributed by atoms with Crippen molar-refractivity contribution in [1.29, 1.82) is 0 Å². The van der Waals surface area contributed by atoms with Crippen LogP contribution in [0.1, 0.15) is 33.3 Å². The van der Waals surface area contributed by atoms with Crippen LogP contribution in [0.4, 0.5) is 5.82 Å². The van der Waals surface area contributed by atoms with Crippen molar-refractivity contribution in [1.82, 2.24) is 4.98 Å². The standard InChI is InChI=1S/C29H19ClN2O4/c30-20-12-15-24(31-16-20)32-26(19-10-13-21(14-11-19)35-17-18-6-2-1-3-7-18)25-27(33)22-8-4-5-9-23(22)36-28(25)29(32)34/h1-16,26H,17H2. The Morgan fingerprint density at radius 1 is 0.889 bits per heavy atom. The fourth-order valence-electron chi connectivity index (χ4n) is 4.47. The number of para-hydroxylation sites is 1. The number of aromatic nitrogens is 1. The average molecular weight is 495 g/mol. The van der Waals surface area contributed by atoms with Crippen molar-refractivity contribution in [2.45, 2.75) is 12.6 Å². The topological polar surface area (TPSA) is 72.6 Å². The van der Waals surface area contributed by atoms with Crippen LogP contribution in [-0.4, -0.2) is 10.9 Å². The molecule has 6 nitrogen and oxygen atoms in total. The minimum absolute atomic E-state index is 0.0184. The zero-order chi connectivity index (χ0) is 24.6. The van der Waals surface area contributed by atoms with Gasteiger partial charge in [-0.25, -0.2) is 4.98 Å². The number of nitrogens with zero attached hydrogens (tertiary/aromatic N) is 2. The number of ether oxygens (including phenoxy) is 1. The van der Waals surface area contributed by atoms with Gasteiger partial charge in [-0.1, -0.05) is 66.2 Å². The molecule has 7 heteroatoms. The second kappa shape index (κ2) is 8.98. The molecule has 0 aliphatic carbocycles. The van der Waals surface area contributed by atoms with Gasteiger partial charge < -0.3 is 9.15 Å². The number of rotatable bonds is 5. The Morgan fingerprint density at radius 3 is 2.39 bits per heavy atom. The smallest absolute Gasteiger partial charge is 0.296 e. The number of benzene rings is 3. The van der Waals surface area contributed by atoms with E-state index in [1.54, 1.807) is 36.4 Å². The lowest BCUT2D eigenvalue weighted by Gasteiger charge is -2.24. The lowest BCUT2D eigenvalue weighted by molar-refractivity contribution is 0.0970. The molecule has 1 aliphatic heterocycles. The molecule has 0 bridgehead atoms. The van der Waals surface area contributed by atoms with Crippen LogP contribution in [0.25, 0.3) is 11.0 Å². The Morgan fingerprint density at radius 2 is 1.64 bits per heavy atom. The molecule has 0 saturated heterocycles. The lowest BCUT2D eigenvalue weighted by Crippen LogP contribution is -2.30. The Bertz CT molecular complexity index is 1630. The number of amides is 1. The minimum Gasteiger partial charge on any atom is -0.489 e. The second-order valence-electron chi connectivity index (χ2n) is 8.43. The third kappa shape index (κ3) is 3.82. The predicted octanol–water partition coefficient (Wildman–Crippen LogP) is 6.17. The highest BCUT2D eigenvalue weighted by Crippen LogP contribution is 2.41. The number of hydrogen-bond acceptors (Lipinski definition) is 5. The van der Waals surface area contributed by atoms with Crippen LogP contribution in [0, 0.1) is 0 Å². The third-order valence-electron chi connectivity index (χ3n) is 6.18. The lowest BCUT2D eigenvalue weighted by atomic mass is 9.98. The van der Waals surface area contributed by atoms with Gasteiger partial charge in [-0.05, 0) is 47.5 Å². The van der Waals surface area contributed by atoms with Crippen LogP contribution >= 0.6 is 11.6 Å². The first kappa shape index (κ1) is 22.1. The second-order valence-corrected chi connectivity index (χ2v) is 8.86. The summed E-state index contributed by atoms with van der Waals surface area (Å²) in [4.78, 5) is 33.0. The van der Waals surface area contributed by atoms with Gasteiger partial charge in [-0.15, -0.1) is 0 Å². The summed E-state index contributed by atoms with van der Waals surface area (Å²) in [6.07, 6.45) is 1.47. The molecule has 1 amide bonds. The highest BCUT2D eigenvalue weighted by Gasteiger charge is 2.44. The normalized spacial score (nSPS) is 14.8. The van der Waals surface area contributed by atoms with E-state index in [-0.39, 0.29) is 16.8 Å². The predicted molar refractivity (Wildman–Crippen MR) is 138 cm³/mol. The molecule has 1 unspecified atom stereocenters. The molecule has 0 spiro atoms. The van der Waals surface area contributed by atoms with Gasteiger partial charge in [0.25, 0.3) is 5.91 Å². The molecular weight excluding hydrogens is 476 g/mol. The summed E-state index contributed by atoms with van der Waals surface area (Å²) in [5.41, 5.74) is 2.19. The van der Waals surface area contributed by atoms with E-state index >= 15 is 0 Å². The van der Waals surface area contributed by atoms with Gasteiger partial charge in [0.05, 0.1) is 22.0 Å². The quantitative estimate of drug-likeness (QED) is 0.292. The number of hydrogen-bond donors (Lipinski definition) is 0. The number of anilines is 1. The summed E-state index contributed by atoms with van der Waals surface area (Å²) >= 11 is 6.04. The van der Waals surface area contributed by atoms with Crippen molar-refractivity contribution >= 4 is 34.3 Å². The molecule has 3 aromatic carbocycles. The van der Waals surface area contributed by atoms with Crippen molar-refractivity contribution < 1.29 is 13.9 Å². The third-order valence-corrected chi connectivity index (χ3v) is 6.40. The first-order chi connectivity index (χ1) is 17.6. The summed E-state index contributed by atoms with van der Waals surface area (Å²) in [5, 5.41) is 0.863. The van der Waals surface area contributed by atoms with E-state index < -0.39 is 11.9 Å². The molecule has 176 valence electrons. The highest BCUT2D eigenvalue weighted by atomic mass is 35.5. The first-order valence-corrected chi connectivity index (χ1v) is 11.8. The molecule has 0 saturated carbocycles. The monoisotopic (exact) mass is 494 g/mol. The molecule has 0 fully saturated rings. The van der Waals surface area contributed by atoms with E-state index in [0.29, 0.717) is 34.2 Å². The molecular formula is C29H19ClN2O4. The fraction of sp³-hybridized carbons (Fsp3) is 0.0690. The maximum atomic E-state index is 13.6. The molecule has 0 N–H and O–H groups in total. The molecule has 3 heterocycles. The zero-order valence-corrected chi connectivity index (χ0v) is 19.7. The Kier molecular flexibility index (Phi) is 5.51. The Balaban J connectivity index is 1.43. The Hall–Kier alpha value is -4.42. The van der Waals surface area contributed by atoms with Gasteiger partial charge in [0.2, 0.25) is 5.76 Å². The summed E-state index contributed by atoms with van der Waals surface area (Å²) in [7, 11) is 0. The molecule has 2 aromatic heterocycles. The number of halogens is 1. The van der Waals surface area contributed by atoms with Gasteiger partial charge in [-0.3, -0.25) is 14.5 Å². The average Bonchev–Trinajstić information content (AvgIpc) is 3.21. The van der Waals surface area contributed by atoms with Crippen molar-refractivity contribution in [2.24, 2.45) is 0 Å². The van der Waals surface area contributed by atoms with E-state index in [0.717, 1.165) is 11.1 Å². The molecule has 5 aromatic rings. The number of pyridine rings is 1.